The van der Waals surface area contributed by atoms with Crippen LogP contribution in [0.25, 0.3) is 0 Å². The largest absolute Gasteiger partial charge is 0.497 e. The van der Waals surface area contributed by atoms with Gasteiger partial charge in [-0.15, -0.1) is 0 Å². The Kier molecular flexibility index (Phi) is 5.16. The number of carbonyl (C=O) groups is 2. The van der Waals surface area contributed by atoms with Gasteiger partial charge < -0.3 is 9.64 Å². The van der Waals surface area contributed by atoms with Crippen LogP contribution in [0.2, 0.25) is 5.02 Å². The third-order valence-electron chi connectivity index (χ3n) is 2.62. The molecule has 4 nitrogen and oxygen atoms in total. The van der Waals surface area contributed by atoms with Gasteiger partial charge in [-0.1, -0.05) is 17.7 Å². The minimum Gasteiger partial charge on any atom is -0.497 e. The molecule has 1 aromatic carbocycles. The highest BCUT2D eigenvalue weighted by Crippen LogP contribution is 2.22. The van der Waals surface area contributed by atoms with Crippen LogP contribution >= 0.6 is 11.6 Å². The van der Waals surface area contributed by atoms with Crippen molar-refractivity contribution in [2.24, 2.45) is 0 Å². The molecular formula is C13H16ClNO3. The van der Waals surface area contributed by atoms with Crippen molar-refractivity contribution in [2.45, 2.75) is 13.3 Å². The molecule has 0 heterocycles. The number of methoxy groups -OCH3 is 1. The van der Waals surface area contributed by atoms with Crippen LogP contribution in [0.1, 0.15) is 12.5 Å². The lowest BCUT2D eigenvalue weighted by Gasteiger charge is -2.15. The van der Waals surface area contributed by atoms with E-state index >= 15 is 0 Å². The zero-order chi connectivity index (χ0) is 13.7. The van der Waals surface area contributed by atoms with Gasteiger partial charge in [-0.25, -0.2) is 0 Å². The van der Waals surface area contributed by atoms with Crippen molar-refractivity contribution in [3.8, 4) is 5.75 Å². The first kappa shape index (κ1) is 14.5. The Bertz CT molecular complexity index is 460. The fourth-order valence-corrected chi connectivity index (χ4v) is 1.78. The minimum atomic E-state index is -0.486. The fourth-order valence-electron chi connectivity index (χ4n) is 1.52. The molecule has 0 spiro atoms. The number of benzene rings is 1. The molecule has 0 N–H and O–H groups in total. The fraction of sp³-hybridized carbons (Fsp3) is 0.385. The highest BCUT2D eigenvalue weighted by atomic mass is 35.5. The maximum atomic E-state index is 11.4. The van der Waals surface area contributed by atoms with E-state index in [1.807, 2.05) is 12.1 Å². The second-order valence-corrected chi connectivity index (χ2v) is 4.40. The Hall–Kier alpha value is -1.55. The van der Waals surface area contributed by atoms with Gasteiger partial charge >= 0.3 is 0 Å². The van der Waals surface area contributed by atoms with Gasteiger partial charge in [0.25, 0.3) is 5.91 Å². The predicted octanol–water partition coefficient (Wildman–Crippen LogP) is 1.94. The maximum Gasteiger partial charge on any atom is 0.289 e. The maximum absolute atomic E-state index is 11.4. The summed E-state index contributed by atoms with van der Waals surface area (Å²) in [6.45, 7) is 1.71. The molecule has 0 fully saturated rings. The topological polar surface area (TPSA) is 46.6 Å². The Morgan fingerprint density at radius 1 is 1.39 bits per heavy atom. The van der Waals surface area contributed by atoms with Gasteiger partial charge in [0.2, 0.25) is 5.78 Å². The van der Waals surface area contributed by atoms with Crippen molar-refractivity contribution >= 4 is 23.3 Å². The van der Waals surface area contributed by atoms with Gasteiger partial charge in [0, 0.05) is 25.5 Å². The van der Waals surface area contributed by atoms with E-state index in [1.54, 1.807) is 20.2 Å². The van der Waals surface area contributed by atoms with Crippen LogP contribution < -0.4 is 4.74 Å². The molecular weight excluding hydrogens is 254 g/mol. The molecule has 1 rings (SSSR count). The lowest BCUT2D eigenvalue weighted by atomic mass is 10.1. The number of Topliss-reactive ketones (excluding diaryl/α,β-unsaturated/α-hetero) is 1. The normalized spacial score (nSPS) is 10.0. The third kappa shape index (κ3) is 3.74. The van der Waals surface area contributed by atoms with E-state index in [0.29, 0.717) is 23.7 Å². The summed E-state index contributed by atoms with van der Waals surface area (Å²) < 4.78 is 5.05. The van der Waals surface area contributed by atoms with Crippen molar-refractivity contribution in [3.63, 3.8) is 0 Å². The average molecular weight is 270 g/mol. The summed E-state index contributed by atoms with van der Waals surface area (Å²) >= 11 is 6.08. The molecule has 0 aromatic heterocycles. The van der Waals surface area contributed by atoms with Crippen molar-refractivity contribution < 1.29 is 14.3 Å². The van der Waals surface area contributed by atoms with E-state index in [2.05, 4.69) is 0 Å². The van der Waals surface area contributed by atoms with Crippen molar-refractivity contribution in [1.82, 2.24) is 4.90 Å². The van der Waals surface area contributed by atoms with Crippen LogP contribution in [0.4, 0.5) is 0 Å². The predicted molar refractivity (Wildman–Crippen MR) is 70.0 cm³/mol. The first-order chi connectivity index (χ1) is 8.45. The van der Waals surface area contributed by atoms with Gasteiger partial charge in [-0.3, -0.25) is 9.59 Å². The van der Waals surface area contributed by atoms with Crippen LogP contribution in [-0.4, -0.2) is 37.3 Å². The number of ether oxygens (including phenoxy) is 1. The van der Waals surface area contributed by atoms with Crippen LogP contribution in [0, 0.1) is 0 Å². The second-order valence-electron chi connectivity index (χ2n) is 3.99. The van der Waals surface area contributed by atoms with Gasteiger partial charge in [0.1, 0.15) is 5.75 Å². The van der Waals surface area contributed by atoms with E-state index in [0.717, 1.165) is 5.56 Å². The molecule has 0 aliphatic heterocycles. The van der Waals surface area contributed by atoms with E-state index < -0.39 is 11.7 Å². The number of amides is 1. The molecule has 0 aliphatic carbocycles. The number of nitrogens with zero attached hydrogens (tertiary/aromatic N) is 1. The van der Waals surface area contributed by atoms with E-state index in [4.69, 9.17) is 16.3 Å². The standard InChI is InChI=1S/C13H16ClNO3/c1-9(16)13(17)15(2)7-6-10-4-5-11(18-3)8-12(10)14/h4-5,8H,6-7H2,1-3H3. The van der Waals surface area contributed by atoms with Crippen molar-refractivity contribution in [1.29, 1.82) is 0 Å². The molecule has 98 valence electrons. The van der Waals surface area contributed by atoms with Crippen LogP contribution in [-0.2, 0) is 16.0 Å². The number of ketones is 1. The minimum absolute atomic E-state index is 0.449. The summed E-state index contributed by atoms with van der Waals surface area (Å²) in [5.41, 5.74) is 0.917. The molecule has 18 heavy (non-hydrogen) atoms. The molecule has 0 bridgehead atoms. The van der Waals surface area contributed by atoms with Crippen molar-refractivity contribution in [3.05, 3.63) is 28.8 Å². The molecule has 1 amide bonds. The first-order valence-electron chi connectivity index (χ1n) is 5.54. The molecule has 0 saturated carbocycles. The van der Waals surface area contributed by atoms with Gasteiger partial charge in [-0.2, -0.15) is 0 Å². The van der Waals surface area contributed by atoms with Crippen LogP contribution in [0.3, 0.4) is 0 Å². The van der Waals surface area contributed by atoms with Crippen molar-refractivity contribution in [2.75, 3.05) is 20.7 Å². The van der Waals surface area contributed by atoms with Gasteiger partial charge in [-0.05, 0) is 24.1 Å². The van der Waals surface area contributed by atoms with Gasteiger partial charge in [0.15, 0.2) is 0 Å². The molecule has 0 radical (unpaired) electrons. The summed E-state index contributed by atoms with van der Waals surface area (Å²) in [5.74, 6) is -0.255. The van der Waals surface area contributed by atoms with E-state index in [-0.39, 0.29) is 0 Å². The average Bonchev–Trinajstić information content (AvgIpc) is 2.35. The molecule has 0 aliphatic rings. The number of carbonyl (C=O) groups excluding carboxylic acids is 2. The monoisotopic (exact) mass is 269 g/mol. The molecule has 0 saturated heterocycles. The Morgan fingerprint density at radius 2 is 2.06 bits per heavy atom. The second kappa shape index (κ2) is 6.40. The lowest BCUT2D eigenvalue weighted by molar-refractivity contribution is -0.142. The number of hydrogen-bond donors (Lipinski definition) is 0. The van der Waals surface area contributed by atoms with Crippen LogP contribution in [0.5, 0.6) is 5.75 Å². The Balaban J connectivity index is 2.64. The molecule has 1 aromatic rings. The SMILES string of the molecule is COc1ccc(CCN(C)C(=O)C(C)=O)c(Cl)c1. The summed E-state index contributed by atoms with van der Waals surface area (Å²) in [6.07, 6.45) is 0.596. The summed E-state index contributed by atoms with van der Waals surface area (Å²) in [4.78, 5) is 23.7. The first-order valence-corrected chi connectivity index (χ1v) is 5.92. The zero-order valence-electron chi connectivity index (χ0n) is 10.7. The molecule has 0 atom stereocenters. The Morgan fingerprint density at radius 3 is 2.56 bits per heavy atom. The highest BCUT2D eigenvalue weighted by molar-refractivity contribution is 6.35. The van der Waals surface area contributed by atoms with E-state index in [9.17, 15) is 9.59 Å². The zero-order valence-corrected chi connectivity index (χ0v) is 11.5. The highest BCUT2D eigenvalue weighted by Gasteiger charge is 2.13. The number of likely N-dealkylation sites (N-methyl/N-ethyl adjacent to an activating group) is 1. The number of hydrogen-bond acceptors (Lipinski definition) is 3. The third-order valence-corrected chi connectivity index (χ3v) is 2.98. The summed E-state index contributed by atoms with van der Waals surface area (Å²) in [6, 6.07) is 5.39. The summed E-state index contributed by atoms with van der Waals surface area (Å²) in [7, 11) is 3.17. The molecule has 5 heteroatoms. The lowest BCUT2D eigenvalue weighted by Crippen LogP contribution is -2.33. The quantitative estimate of drug-likeness (QED) is 0.768. The van der Waals surface area contributed by atoms with Gasteiger partial charge in [0.05, 0.1) is 7.11 Å². The molecule has 0 unspecified atom stereocenters. The summed E-state index contributed by atoms with van der Waals surface area (Å²) in [5, 5.41) is 0.595. The van der Waals surface area contributed by atoms with E-state index in [1.165, 1.54) is 11.8 Å². The number of rotatable bonds is 5. The number of halogens is 1. The van der Waals surface area contributed by atoms with Crippen LogP contribution in [0.15, 0.2) is 18.2 Å². The smallest absolute Gasteiger partial charge is 0.289 e. The Labute approximate surface area is 111 Å².